The van der Waals surface area contributed by atoms with E-state index in [4.69, 9.17) is 25.2 Å². The molecule has 0 saturated carbocycles. The van der Waals surface area contributed by atoms with Crippen molar-refractivity contribution in [3.63, 3.8) is 0 Å². The minimum Gasteiger partial charge on any atom is -0.494 e. The fourth-order valence-electron chi connectivity index (χ4n) is 1.77. The highest BCUT2D eigenvalue weighted by molar-refractivity contribution is 5.76. The Bertz CT molecular complexity index is 497. The second-order valence-electron chi connectivity index (χ2n) is 4.05. The Balaban J connectivity index is 3.02. The SMILES string of the molecule is CCOC(=O)C(C#N)Cc1cc(OC)c(N)c(OC)c1. The van der Waals surface area contributed by atoms with Gasteiger partial charge in [-0.25, -0.2) is 0 Å². The van der Waals surface area contributed by atoms with Crippen molar-refractivity contribution in [3.8, 4) is 17.6 Å². The average molecular weight is 278 g/mol. The zero-order valence-electron chi connectivity index (χ0n) is 11.8. The van der Waals surface area contributed by atoms with Crippen LogP contribution in [0.25, 0.3) is 0 Å². The van der Waals surface area contributed by atoms with Gasteiger partial charge in [0, 0.05) is 0 Å². The van der Waals surface area contributed by atoms with Crippen LogP contribution in [0, 0.1) is 17.2 Å². The van der Waals surface area contributed by atoms with Crippen molar-refractivity contribution in [1.29, 1.82) is 5.26 Å². The molecule has 0 saturated heterocycles. The lowest BCUT2D eigenvalue weighted by atomic mass is 10.00. The van der Waals surface area contributed by atoms with Crippen LogP contribution in [0.3, 0.4) is 0 Å². The number of nitrogens with zero attached hydrogens (tertiary/aromatic N) is 1. The van der Waals surface area contributed by atoms with Gasteiger partial charge in [-0.15, -0.1) is 0 Å². The van der Waals surface area contributed by atoms with Crippen molar-refractivity contribution in [2.45, 2.75) is 13.3 Å². The highest BCUT2D eigenvalue weighted by Gasteiger charge is 2.21. The zero-order valence-corrected chi connectivity index (χ0v) is 11.8. The van der Waals surface area contributed by atoms with E-state index < -0.39 is 11.9 Å². The van der Waals surface area contributed by atoms with Crippen LogP contribution < -0.4 is 15.2 Å². The molecule has 1 aromatic carbocycles. The molecule has 0 amide bonds. The maximum Gasteiger partial charge on any atom is 0.323 e. The van der Waals surface area contributed by atoms with Crippen LogP contribution in [0.2, 0.25) is 0 Å². The highest BCUT2D eigenvalue weighted by Crippen LogP contribution is 2.33. The standard InChI is InChI=1S/C14H18N2O4/c1-4-20-14(17)10(8-15)5-9-6-11(18-2)13(16)12(7-9)19-3/h6-7,10H,4-5,16H2,1-3H3. The van der Waals surface area contributed by atoms with Crippen LogP contribution in [0.5, 0.6) is 11.5 Å². The number of ether oxygens (including phenoxy) is 3. The van der Waals surface area contributed by atoms with Gasteiger partial charge in [0.1, 0.15) is 23.1 Å². The number of carbonyl (C=O) groups is 1. The minimum absolute atomic E-state index is 0.211. The Labute approximate surface area is 118 Å². The van der Waals surface area contributed by atoms with Crippen molar-refractivity contribution in [2.24, 2.45) is 5.92 Å². The van der Waals surface area contributed by atoms with Gasteiger partial charge in [0.05, 0.1) is 26.9 Å². The lowest BCUT2D eigenvalue weighted by Gasteiger charge is -2.13. The first-order valence-corrected chi connectivity index (χ1v) is 6.13. The van der Waals surface area contributed by atoms with E-state index in [2.05, 4.69) is 0 Å². The molecule has 0 fully saturated rings. The van der Waals surface area contributed by atoms with Crippen molar-refractivity contribution >= 4 is 11.7 Å². The van der Waals surface area contributed by atoms with E-state index >= 15 is 0 Å². The summed E-state index contributed by atoms with van der Waals surface area (Å²) in [5.74, 6) is -0.516. The van der Waals surface area contributed by atoms with E-state index in [1.165, 1.54) is 14.2 Å². The van der Waals surface area contributed by atoms with Gasteiger partial charge >= 0.3 is 5.97 Å². The van der Waals surface area contributed by atoms with Crippen LogP contribution in [-0.4, -0.2) is 26.8 Å². The first kappa shape index (κ1) is 15.6. The topological polar surface area (TPSA) is 94.6 Å². The summed E-state index contributed by atoms with van der Waals surface area (Å²) in [4.78, 5) is 11.6. The average Bonchev–Trinajstić information content (AvgIpc) is 2.46. The molecule has 6 nitrogen and oxygen atoms in total. The Morgan fingerprint density at radius 1 is 1.35 bits per heavy atom. The Morgan fingerprint density at radius 2 is 1.90 bits per heavy atom. The Hall–Kier alpha value is -2.42. The second kappa shape index (κ2) is 7.24. The zero-order chi connectivity index (χ0) is 15.1. The van der Waals surface area contributed by atoms with Crippen molar-refractivity contribution < 1.29 is 19.0 Å². The number of nitrogen functional groups attached to an aromatic ring is 1. The third-order valence-electron chi connectivity index (χ3n) is 2.77. The molecule has 0 aromatic heterocycles. The van der Waals surface area contributed by atoms with Crippen LogP contribution >= 0.6 is 0 Å². The molecule has 1 aromatic rings. The predicted octanol–water partition coefficient (Wildman–Crippen LogP) is 1.53. The van der Waals surface area contributed by atoms with Gasteiger partial charge in [-0.1, -0.05) is 0 Å². The summed E-state index contributed by atoms with van der Waals surface area (Å²) < 4.78 is 15.1. The van der Waals surface area contributed by atoms with Crippen molar-refractivity contribution in [1.82, 2.24) is 0 Å². The summed E-state index contributed by atoms with van der Waals surface area (Å²) in [6.07, 6.45) is 0.211. The molecule has 1 rings (SSSR count). The lowest BCUT2D eigenvalue weighted by Crippen LogP contribution is -2.18. The van der Waals surface area contributed by atoms with Gasteiger partial charge < -0.3 is 19.9 Å². The van der Waals surface area contributed by atoms with Crippen molar-refractivity contribution in [2.75, 3.05) is 26.6 Å². The maximum atomic E-state index is 11.6. The molecule has 0 aliphatic heterocycles. The molecule has 0 heterocycles. The Kier molecular flexibility index (Phi) is 5.66. The molecule has 6 heteroatoms. The van der Waals surface area contributed by atoms with Crippen molar-refractivity contribution in [3.05, 3.63) is 17.7 Å². The predicted molar refractivity (Wildman–Crippen MR) is 73.4 cm³/mol. The van der Waals surface area contributed by atoms with Crippen LogP contribution in [0.15, 0.2) is 12.1 Å². The summed E-state index contributed by atoms with van der Waals surface area (Å²) in [7, 11) is 2.98. The molecule has 1 unspecified atom stereocenters. The van der Waals surface area contributed by atoms with Gasteiger partial charge in [-0.2, -0.15) is 5.26 Å². The highest BCUT2D eigenvalue weighted by atomic mass is 16.5. The van der Waals surface area contributed by atoms with Crippen LogP contribution in [0.4, 0.5) is 5.69 Å². The number of carbonyl (C=O) groups excluding carboxylic acids is 1. The summed E-state index contributed by atoms with van der Waals surface area (Å²) in [5, 5.41) is 9.05. The third-order valence-corrected chi connectivity index (χ3v) is 2.77. The van der Waals surface area contributed by atoms with Crippen LogP contribution in [0.1, 0.15) is 12.5 Å². The molecular weight excluding hydrogens is 260 g/mol. The number of hydrogen-bond donors (Lipinski definition) is 1. The summed E-state index contributed by atoms with van der Waals surface area (Å²) in [6, 6.07) is 5.30. The maximum absolute atomic E-state index is 11.6. The normalized spacial score (nSPS) is 11.3. The number of nitrogens with two attached hydrogens (primary N) is 1. The molecule has 0 bridgehead atoms. The summed E-state index contributed by atoms with van der Waals surface area (Å²) in [6.45, 7) is 1.94. The minimum atomic E-state index is -0.868. The lowest BCUT2D eigenvalue weighted by molar-refractivity contribution is -0.145. The molecular formula is C14H18N2O4. The molecule has 0 aliphatic carbocycles. The summed E-state index contributed by atoms with van der Waals surface area (Å²) >= 11 is 0. The van der Waals surface area contributed by atoms with Gasteiger partial charge in [0.25, 0.3) is 0 Å². The third kappa shape index (κ3) is 3.54. The molecule has 108 valence electrons. The quantitative estimate of drug-likeness (QED) is 0.626. The molecule has 2 N–H and O–H groups in total. The molecule has 20 heavy (non-hydrogen) atoms. The van der Waals surface area contributed by atoms with E-state index in [0.29, 0.717) is 22.7 Å². The smallest absolute Gasteiger partial charge is 0.323 e. The molecule has 1 atom stereocenters. The van der Waals surface area contributed by atoms with Crippen LogP contribution in [-0.2, 0) is 16.0 Å². The number of nitriles is 1. The fourth-order valence-corrected chi connectivity index (χ4v) is 1.77. The molecule has 0 aliphatic rings. The van der Waals surface area contributed by atoms with E-state index in [1.807, 2.05) is 6.07 Å². The number of hydrogen-bond acceptors (Lipinski definition) is 6. The molecule has 0 radical (unpaired) electrons. The first-order valence-electron chi connectivity index (χ1n) is 6.13. The number of anilines is 1. The molecule has 0 spiro atoms. The second-order valence-corrected chi connectivity index (χ2v) is 4.05. The monoisotopic (exact) mass is 278 g/mol. The first-order chi connectivity index (χ1) is 9.57. The van der Waals surface area contributed by atoms with Gasteiger partial charge in [0.2, 0.25) is 0 Å². The van der Waals surface area contributed by atoms with E-state index in [1.54, 1.807) is 19.1 Å². The fraction of sp³-hybridized carbons (Fsp3) is 0.429. The van der Waals surface area contributed by atoms with Gasteiger partial charge in [0.15, 0.2) is 0 Å². The van der Waals surface area contributed by atoms with E-state index in [9.17, 15) is 4.79 Å². The largest absolute Gasteiger partial charge is 0.494 e. The number of methoxy groups -OCH3 is 2. The van der Waals surface area contributed by atoms with Gasteiger partial charge in [-0.3, -0.25) is 4.79 Å². The number of esters is 1. The van der Waals surface area contributed by atoms with Gasteiger partial charge in [-0.05, 0) is 31.0 Å². The van der Waals surface area contributed by atoms with E-state index in [0.717, 1.165) is 0 Å². The Morgan fingerprint density at radius 3 is 2.30 bits per heavy atom. The summed E-state index contributed by atoms with van der Waals surface area (Å²) in [5.41, 5.74) is 6.93. The van der Waals surface area contributed by atoms with E-state index in [-0.39, 0.29) is 13.0 Å². The number of rotatable bonds is 6. The number of benzene rings is 1.